The standard InChI is InChI=1S/C13H25N3O/c17-13(16-10-5-7-14-9-11-16)12-6-3-1-2-4-8-15-12/h12,14-15H,1-11H2. The SMILES string of the molecule is O=C(C1CCCCCCN1)N1CCCNCC1. The molecule has 2 rings (SSSR count). The molecule has 2 fully saturated rings. The summed E-state index contributed by atoms with van der Waals surface area (Å²) in [5.41, 5.74) is 0. The van der Waals surface area contributed by atoms with Crippen molar-refractivity contribution in [3.63, 3.8) is 0 Å². The maximum Gasteiger partial charge on any atom is 0.239 e. The zero-order valence-electron chi connectivity index (χ0n) is 10.7. The first-order chi connectivity index (χ1) is 8.38. The Morgan fingerprint density at radius 3 is 2.76 bits per heavy atom. The lowest BCUT2D eigenvalue weighted by Crippen LogP contribution is -2.48. The van der Waals surface area contributed by atoms with E-state index in [2.05, 4.69) is 10.6 Å². The van der Waals surface area contributed by atoms with Crippen LogP contribution in [0.2, 0.25) is 0 Å². The minimum atomic E-state index is 0.0772. The lowest BCUT2D eigenvalue weighted by Gasteiger charge is -2.27. The number of rotatable bonds is 1. The van der Waals surface area contributed by atoms with Crippen LogP contribution in [0.1, 0.15) is 38.5 Å². The molecule has 98 valence electrons. The van der Waals surface area contributed by atoms with Gasteiger partial charge in [0, 0.05) is 19.6 Å². The molecule has 0 radical (unpaired) electrons. The molecule has 0 aromatic heterocycles. The van der Waals surface area contributed by atoms with Gasteiger partial charge in [0.25, 0.3) is 0 Å². The molecule has 0 spiro atoms. The van der Waals surface area contributed by atoms with E-state index in [1.807, 2.05) is 4.90 Å². The van der Waals surface area contributed by atoms with Crippen molar-refractivity contribution in [1.29, 1.82) is 0 Å². The topological polar surface area (TPSA) is 44.4 Å². The maximum absolute atomic E-state index is 12.4. The van der Waals surface area contributed by atoms with Crippen LogP contribution in [0, 0.1) is 0 Å². The van der Waals surface area contributed by atoms with Crippen LogP contribution in [-0.4, -0.2) is 49.6 Å². The third-order valence-electron chi connectivity index (χ3n) is 3.76. The Bertz CT molecular complexity index is 229. The van der Waals surface area contributed by atoms with Crippen molar-refractivity contribution < 1.29 is 4.79 Å². The molecule has 0 saturated carbocycles. The molecular formula is C13H25N3O. The summed E-state index contributed by atoms with van der Waals surface area (Å²) in [6, 6.07) is 0.0772. The number of carbonyl (C=O) groups excluding carboxylic acids is 1. The first kappa shape index (κ1) is 12.8. The van der Waals surface area contributed by atoms with Crippen molar-refractivity contribution in [3.8, 4) is 0 Å². The molecule has 4 nitrogen and oxygen atoms in total. The molecule has 2 saturated heterocycles. The van der Waals surface area contributed by atoms with Gasteiger partial charge in [0.1, 0.15) is 0 Å². The highest BCUT2D eigenvalue weighted by molar-refractivity contribution is 5.81. The molecule has 0 aliphatic carbocycles. The molecule has 2 N–H and O–H groups in total. The predicted octanol–water partition coefficient (Wildman–Crippen LogP) is 0.731. The average molecular weight is 239 g/mol. The van der Waals surface area contributed by atoms with Gasteiger partial charge in [-0.05, 0) is 32.4 Å². The summed E-state index contributed by atoms with van der Waals surface area (Å²) in [6.45, 7) is 4.78. The molecule has 1 amide bonds. The largest absolute Gasteiger partial charge is 0.340 e. The van der Waals surface area contributed by atoms with Crippen LogP contribution in [0.5, 0.6) is 0 Å². The van der Waals surface area contributed by atoms with Crippen molar-refractivity contribution >= 4 is 5.91 Å². The average Bonchev–Trinajstić information content (AvgIpc) is 2.56. The van der Waals surface area contributed by atoms with Crippen LogP contribution >= 0.6 is 0 Å². The molecule has 4 heteroatoms. The van der Waals surface area contributed by atoms with E-state index in [0.717, 1.165) is 45.6 Å². The van der Waals surface area contributed by atoms with Crippen LogP contribution in [0.15, 0.2) is 0 Å². The first-order valence-electron chi connectivity index (χ1n) is 7.11. The van der Waals surface area contributed by atoms with E-state index in [4.69, 9.17) is 0 Å². The van der Waals surface area contributed by atoms with Gasteiger partial charge in [0.05, 0.1) is 6.04 Å². The fraction of sp³-hybridized carbons (Fsp3) is 0.923. The zero-order chi connectivity index (χ0) is 11.9. The van der Waals surface area contributed by atoms with E-state index < -0.39 is 0 Å². The van der Waals surface area contributed by atoms with Crippen molar-refractivity contribution in [2.45, 2.75) is 44.6 Å². The van der Waals surface area contributed by atoms with E-state index in [-0.39, 0.29) is 6.04 Å². The second-order valence-electron chi connectivity index (χ2n) is 5.14. The lowest BCUT2D eigenvalue weighted by atomic mass is 10.0. The highest BCUT2D eigenvalue weighted by atomic mass is 16.2. The van der Waals surface area contributed by atoms with Gasteiger partial charge in [-0.1, -0.05) is 19.3 Å². The van der Waals surface area contributed by atoms with Crippen molar-refractivity contribution in [2.75, 3.05) is 32.7 Å². The minimum Gasteiger partial charge on any atom is -0.340 e. The van der Waals surface area contributed by atoms with Crippen LogP contribution < -0.4 is 10.6 Å². The Labute approximate surface area is 104 Å². The fourth-order valence-electron chi connectivity index (χ4n) is 2.70. The molecule has 0 aromatic rings. The number of hydrogen-bond acceptors (Lipinski definition) is 3. The Morgan fingerprint density at radius 1 is 0.941 bits per heavy atom. The van der Waals surface area contributed by atoms with E-state index >= 15 is 0 Å². The van der Waals surface area contributed by atoms with Gasteiger partial charge < -0.3 is 15.5 Å². The molecule has 17 heavy (non-hydrogen) atoms. The smallest absolute Gasteiger partial charge is 0.239 e. The van der Waals surface area contributed by atoms with Gasteiger partial charge in [0.15, 0.2) is 0 Å². The molecule has 2 aliphatic rings. The number of nitrogens with zero attached hydrogens (tertiary/aromatic N) is 1. The number of amides is 1. The van der Waals surface area contributed by atoms with Gasteiger partial charge in [-0.3, -0.25) is 4.79 Å². The molecule has 2 heterocycles. The Kier molecular flexibility index (Phi) is 5.26. The predicted molar refractivity (Wildman–Crippen MR) is 68.9 cm³/mol. The van der Waals surface area contributed by atoms with Gasteiger partial charge in [-0.25, -0.2) is 0 Å². The maximum atomic E-state index is 12.4. The van der Waals surface area contributed by atoms with Crippen molar-refractivity contribution in [1.82, 2.24) is 15.5 Å². The van der Waals surface area contributed by atoms with Gasteiger partial charge >= 0.3 is 0 Å². The quantitative estimate of drug-likeness (QED) is 0.709. The summed E-state index contributed by atoms with van der Waals surface area (Å²) >= 11 is 0. The minimum absolute atomic E-state index is 0.0772. The van der Waals surface area contributed by atoms with Crippen LogP contribution in [0.4, 0.5) is 0 Å². The number of carbonyl (C=O) groups is 1. The Balaban J connectivity index is 1.86. The second kappa shape index (κ2) is 6.97. The third kappa shape index (κ3) is 3.96. The molecule has 0 aromatic carbocycles. The summed E-state index contributed by atoms with van der Waals surface area (Å²) in [4.78, 5) is 14.4. The number of nitrogens with one attached hydrogen (secondary N) is 2. The van der Waals surface area contributed by atoms with Crippen molar-refractivity contribution in [3.05, 3.63) is 0 Å². The monoisotopic (exact) mass is 239 g/mol. The molecule has 1 atom stereocenters. The van der Waals surface area contributed by atoms with E-state index in [1.165, 1.54) is 25.7 Å². The third-order valence-corrected chi connectivity index (χ3v) is 3.76. The Hall–Kier alpha value is -0.610. The van der Waals surface area contributed by atoms with Gasteiger partial charge in [0.2, 0.25) is 5.91 Å². The number of hydrogen-bond donors (Lipinski definition) is 2. The lowest BCUT2D eigenvalue weighted by molar-refractivity contribution is -0.133. The summed E-state index contributed by atoms with van der Waals surface area (Å²) in [6.07, 6.45) is 7.09. The second-order valence-corrected chi connectivity index (χ2v) is 5.14. The summed E-state index contributed by atoms with van der Waals surface area (Å²) in [7, 11) is 0. The van der Waals surface area contributed by atoms with E-state index in [9.17, 15) is 4.79 Å². The van der Waals surface area contributed by atoms with Crippen molar-refractivity contribution in [2.24, 2.45) is 0 Å². The Morgan fingerprint density at radius 2 is 1.82 bits per heavy atom. The normalized spacial score (nSPS) is 28.0. The summed E-state index contributed by atoms with van der Waals surface area (Å²) < 4.78 is 0. The highest BCUT2D eigenvalue weighted by Crippen LogP contribution is 2.12. The molecular weight excluding hydrogens is 214 g/mol. The zero-order valence-corrected chi connectivity index (χ0v) is 10.7. The van der Waals surface area contributed by atoms with E-state index in [1.54, 1.807) is 0 Å². The molecule has 1 unspecified atom stereocenters. The van der Waals surface area contributed by atoms with Crippen LogP contribution in [0.3, 0.4) is 0 Å². The summed E-state index contributed by atoms with van der Waals surface area (Å²) in [5.74, 6) is 0.329. The highest BCUT2D eigenvalue weighted by Gasteiger charge is 2.24. The fourth-order valence-corrected chi connectivity index (χ4v) is 2.70. The van der Waals surface area contributed by atoms with E-state index in [0.29, 0.717) is 5.91 Å². The van der Waals surface area contributed by atoms with Gasteiger partial charge in [-0.2, -0.15) is 0 Å². The first-order valence-corrected chi connectivity index (χ1v) is 7.11. The summed E-state index contributed by atoms with van der Waals surface area (Å²) in [5, 5.41) is 6.77. The molecule has 0 bridgehead atoms. The van der Waals surface area contributed by atoms with Crippen LogP contribution in [-0.2, 0) is 4.79 Å². The van der Waals surface area contributed by atoms with Gasteiger partial charge in [-0.15, -0.1) is 0 Å². The molecule has 2 aliphatic heterocycles. The van der Waals surface area contributed by atoms with Crippen LogP contribution in [0.25, 0.3) is 0 Å².